The molecule has 0 aliphatic rings. The van der Waals surface area contributed by atoms with Crippen molar-refractivity contribution in [3.05, 3.63) is 187 Å². The van der Waals surface area contributed by atoms with Crippen LogP contribution in [-0.2, 0) is 74.1 Å². The number of hydrogen-bond donors (Lipinski definition) is 11. The number of rotatable bonds is 38. The number of aliphatic imine (C=N–C) groups is 2. The van der Waals surface area contributed by atoms with Crippen molar-refractivity contribution < 1.29 is 59.8 Å². The van der Waals surface area contributed by atoms with Gasteiger partial charge in [-0.3, -0.25) is 34.0 Å². The quantitative estimate of drug-likeness (QED) is 0.0107. The number of unbranched alkanes of at least 4 members (excludes halogenated alkanes) is 1. The SMILES string of the molecule is COc1ccc(CSC[C@H](NC(=O)[C@H](CCCCNC(=O)OCc2ccccc2)NC(=O)[C@H](CCCN=C(N)NS(=O)(=O)c2c(C)cc(C)cc2C)NC(=O)[C@@H](N)Cc2ccc(OCc3c(Cl)cccc3Cl)cc2)C(=O)N[C@@H](CCCN=C(N)NS(=O)(=O)c2c(C)cc(C)cc2C)C(N)=O)cc1. The van der Waals surface area contributed by atoms with Crippen LogP contribution in [0.4, 0.5) is 4.79 Å². The Hall–Kier alpha value is -9.13. The largest absolute Gasteiger partial charge is 0.497 e. The third-order valence-electron chi connectivity index (χ3n) is 15.9. The Kier molecular flexibility index (Phi) is 32.0. The summed E-state index contributed by atoms with van der Waals surface area (Å²) in [6.45, 7) is 10.3. The maximum Gasteiger partial charge on any atom is 0.407 e. The lowest BCUT2D eigenvalue weighted by Gasteiger charge is -2.27. The molecular formula is C71H91Cl2N13O13S3. The molecule has 0 radical (unpaired) electrons. The molecule has 6 rings (SSSR count). The number of primary amides is 1. The predicted molar refractivity (Wildman–Crippen MR) is 397 cm³/mol. The molecule has 0 saturated heterocycles. The van der Waals surface area contributed by atoms with Crippen molar-refractivity contribution in [1.29, 1.82) is 0 Å². The lowest BCUT2D eigenvalue weighted by molar-refractivity contribution is -0.134. The number of sulfonamides is 2. The molecule has 0 unspecified atom stereocenters. The fourth-order valence-electron chi connectivity index (χ4n) is 11.1. The van der Waals surface area contributed by atoms with Crippen LogP contribution < -0.4 is 68.4 Å². The smallest absolute Gasteiger partial charge is 0.407 e. The number of aryl methyl sites for hydroxylation is 6. The topological polar surface area (TPSA) is 411 Å². The van der Waals surface area contributed by atoms with E-state index in [0.717, 1.165) is 22.3 Å². The molecule has 550 valence electrons. The molecule has 0 saturated carbocycles. The van der Waals surface area contributed by atoms with Crippen molar-refractivity contribution in [2.75, 3.05) is 32.5 Å². The molecule has 6 aromatic rings. The lowest BCUT2D eigenvalue weighted by atomic mass is 10.0. The van der Waals surface area contributed by atoms with Gasteiger partial charge in [-0.05, 0) is 168 Å². The molecule has 6 aromatic carbocycles. The van der Waals surface area contributed by atoms with E-state index in [1.165, 1.54) is 18.9 Å². The second-order valence-corrected chi connectivity index (χ2v) is 29.5. The van der Waals surface area contributed by atoms with E-state index in [9.17, 15) is 45.6 Å². The van der Waals surface area contributed by atoms with E-state index >= 15 is 0 Å². The summed E-state index contributed by atoms with van der Waals surface area (Å²) in [5, 5.41) is 14.5. The number of nitrogens with two attached hydrogens (primary N) is 4. The number of benzene rings is 6. The second kappa shape index (κ2) is 39.9. The molecule has 0 heterocycles. The van der Waals surface area contributed by atoms with Gasteiger partial charge >= 0.3 is 6.09 Å². The van der Waals surface area contributed by atoms with E-state index in [1.807, 2.05) is 44.2 Å². The first kappa shape index (κ1) is 81.8. The van der Waals surface area contributed by atoms with Crippen LogP contribution in [0, 0.1) is 41.5 Å². The van der Waals surface area contributed by atoms with Gasteiger partial charge in [0.2, 0.25) is 41.5 Å². The first-order valence-corrected chi connectivity index (χ1v) is 37.7. The number of hydrogen-bond acceptors (Lipinski definition) is 17. The van der Waals surface area contributed by atoms with Gasteiger partial charge in [-0.1, -0.05) is 119 Å². The number of halogens is 2. The number of methoxy groups -OCH3 is 1. The van der Waals surface area contributed by atoms with E-state index in [2.05, 4.69) is 46.0 Å². The molecule has 31 heteroatoms. The number of guanidine groups is 2. The van der Waals surface area contributed by atoms with Crippen molar-refractivity contribution in [3.8, 4) is 11.5 Å². The van der Waals surface area contributed by atoms with Gasteiger partial charge in [0.25, 0.3) is 20.0 Å². The molecule has 0 fully saturated rings. The Morgan fingerprint density at radius 1 is 0.529 bits per heavy atom. The van der Waals surface area contributed by atoms with Gasteiger partial charge in [-0.15, -0.1) is 0 Å². The standard InChI is InChI=1S/C71H91Cl2N13O13S3/c1-43-34-45(3)62(46(4)35-43)101(93,94)85-69(76)78-32-14-21-58(64(75)87)81-68(91)61(42-100-41-51-25-27-52(97-7)28-26-51)84-67(90)59(20-11-12-31-80-71(92)99-39-50-16-9-8-10-17-50)83-66(89)60(22-15-33-79-70(77)86-102(95,96)63-47(5)36-44(2)37-48(63)6)82-65(88)57(74)38-49-23-29-53(30-24-49)98-40-54-55(72)18-13-19-56(54)73/h8-10,13,16-19,23-30,34-37,57-61H,11-12,14-15,20-22,31-33,38-42,74H2,1-7H3,(H2,75,87)(H,80,92)(H,81,91)(H,82,88)(H,83,89)(H,84,90)(H3,76,78,85)(H3,77,79,86)/t57-,58-,59-,60-,61-/m0/s1. The molecule has 26 nitrogen and oxygen atoms in total. The van der Waals surface area contributed by atoms with Crippen LogP contribution in [0.1, 0.15) is 101 Å². The van der Waals surface area contributed by atoms with Gasteiger partial charge < -0.3 is 63.7 Å². The summed E-state index contributed by atoms with van der Waals surface area (Å²) < 4.78 is 75.1. The highest BCUT2D eigenvalue weighted by atomic mass is 35.5. The lowest BCUT2D eigenvalue weighted by Crippen LogP contribution is -2.59. The Labute approximate surface area is 610 Å². The van der Waals surface area contributed by atoms with Gasteiger partial charge in [0.15, 0.2) is 0 Å². The maximum absolute atomic E-state index is 15.0. The minimum absolute atomic E-state index is 0.00588. The van der Waals surface area contributed by atoms with E-state index in [4.69, 9.17) is 60.3 Å². The summed E-state index contributed by atoms with van der Waals surface area (Å²) in [4.78, 5) is 92.9. The first-order valence-electron chi connectivity index (χ1n) is 32.8. The van der Waals surface area contributed by atoms with Crippen molar-refractivity contribution in [2.24, 2.45) is 32.9 Å². The Morgan fingerprint density at radius 2 is 0.990 bits per heavy atom. The van der Waals surface area contributed by atoms with Gasteiger partial charge in [0.05, 0.1) is 22.9 Å². The second-order valence-electron chi connectivity index (χ2n) is 24.4. The Bertz CT molecular complexity index is 4110. The van der Waals surface area contributed by atoms with Crippen molar-refractivity contribution in [3.63, 3.8) is 0 Å². The van der Waals surface area contributed by atoms with Gasteiger partial charge in [-0.2, -0.15) is 11.8 Å². The van der Waals surface area contributed by atoms with Gasteiger partial charge in [0, 0.05) is 46.7 Å². The van der Waals surface area contributed by atoms with Crippen LogP contribution in [0.2, 0.25) is 10.0 Å². The van der Waals surface area contributed by atoms with Crippen LogP contribution >= 0.6 is 35.0 Å². The molecule has 6 amide bonds. The molecule has 5 atom stereocenters. The normalized spacial score (nSPS) is 13.3. The number of nitrogens with one attached hydrogen (secondary N) is 7. The van der Waals surface area contributed by atoms with Crippen LogP contribution in [-0.4, -0.2) is 127 Å². The van der Waals surface area contributed by atoms with Gasteiger partial charge in [-0.25, -0.2) is 31.1 Å². The predicted octanol–water partition coefficient (Wildman–Crippen LogP) is 6.90. The van der Waals surface area contributed by atoms with E-state index in [0.29, 0.717) is 60.7 Å². The number of amides is 6. The summed E-state index contributed by atoms with van der Waals surface area (Å²) >= 11 is 14.0. The van der Waals surface area contributed by atoms with Crippen molar-refractivity contribution >= 4 is 103 Å². The zero-order chi connectivity index (χ0) is 74.7. The number of thioether (sulfide) groups is 1. The first-order chi connectivity index (χ1) is 48.4. The average Bonchev–Trinajstić information content (AvgIpc) is 0.802. The van der Waals surface area contributed by atoms with E-state index in [1.54, 1.807) is 119 Å². The van der Waals surface area contributed by atoms with Crippen LogP contribution in [0.3, 0.4) is 0 Å². The molecule has 102 heavy (non-hydrogen) atoms. The summed E-state index contributed by atoms with van der Waals surface area (Å²) in [5.41, 5.74) is 31.2. The fraction of sp³-hybridized carbons (Fsp3) is 0.380. The number of carbonyl (C=O) groups excluding carboxylic acids is 6. The molecular weight excluding hydrogens is 1410 g/mol. The Morgan fingerprint density at radius 3 is 1.51 bits per heavy atom. The number of nitrogens with zero attached hydrogens (tertiary/aromatic N) is 2. The molecule has 0 spiro atoms. The highest BCUT2D eigenvalue weighted by Crippen LogP contribution is 2.28. The van der Waals surface area contributed by atoms with E-state index < -0.39 is 97.8 Å². The minimum atomic E-state index is -4.19. The fourth-order valence-corrected chi connectivity index (χ4v) is 15.4. The molecule has 0 aromatic heterocycles. The van der Waals surface area contributed by atoms with E-state index in [-0.39, 0.29) is 99.8 Å². The molecule has 0 bridgehead atoms. The van der Waals surface area contributed by atoms with Crippen molar-refractivity contribution in [2.45, 2.75) is 152 Å². The van der Waals surface area contributed by atoms with Crippen molar-refractivity contribution in [1.82, 2.24) is 36.0 Å². The number of ether oxygens (including phenoxy) is 3. The maximum atomic E-state index is 15.0. The number of alkyl carbamates (subject to hydrolysis) is 1. The molecule has 0 aliphatic heterocycles. The minimum Gasteiger partial charge on any atom is -0.497 e. The number of carbonyl (C=O) groups is 6. The summed E-state index contributed by atoms with van der Waals surface area (Å²) in [5.74, 6) is -3.74. The summed E-state index contributed by atoms with van der Waals surface area (Å²) in [6, 6.07) is 28.2. The highest BCUT2D eigenvalue weighted by molar-refractivity contribution is 7.98. The van der Waals surface area contributed by atoms with Gasteiger partial charge in [0.1, 0.15) is 48.9 Å². The zero-order valence-corrected chi connectivity index (χ0v) is 62.0. The summed E-state index contributed by atoms with van der Waals surface area (Å²) in [6.07, 6.45) is -0.492. The molecule has 15 N–H and O–H groups in total. The average molecular weight is 1500 g/mol. The zero-order valence-electron chi connectivity index (χ0n) is 58.0. The third kappa shape index (κ3) is 26.4. The van der Waals surface area contributed by atoms with Crippen LogP contribution in [0.5, 0.6) is 11.5 Å². The Balaban J connectivity index is 1.24. The molecule has 0 aliphatic carbocycles. The highest BCUT2D eigenvalue weighted by Gasteiger charge is 2.33. The van der Waals surface area contributed by atoms with Crippen LogP contribution in [0.25, 0.3) is 0 Å². The monoisotopic (exact) mass is 1500 g/mol. The summed E-state index contributed by atoms with van der Waals surface area (Å²) in [7, 11) is -6.80. The van der Waals surface area contributed by atoms with Crippen LogP contribution in [0.15, 0.2) is 141 Å². The third-order valence-corrected chi connectivity index (χ3v) is 21.1.